The van der Waals surface area contributed by atoms with Gasteiger partial charge in [0.25, 0.3) is 0 Å². The fourth-order valence-corrected chi connectivity index (χ4v) is 3.78. The SMILES string of the molecule is CCN(c1ccccc1)C(C)Oc1ccc(C2CCCCC2)cc1. The molecule has 0 aromatic heterocycles. The highest BCUT2D eigenvalue weighted by Crippen LogP contribution is 2.33. The standard InChI is InChI=1S/C22H29NO/c1-3-23(21-12-8-5-9-13-21)18(2)24-22-16-14-20(15-17-22)19-10-6-4-7-11-19/h5,8-9,12-19H,3-4,6-7,10-11H2,1-2H3. The molecule has 128 valence electrons. The molecule has 0 bridgehead atoms. The molecule has 0 radical (unpaired) electrons. The molecule has 1 aliphatic rings. The van der Waals surface area contributed by atoms with Gasteiger partial charge in [-0.2, -0.15) is 0 Å². The molecule has 0 N–H and O–H groups in total. The minimum Gasteiger partial charge on any atom is -0.471 e. The number of hydrogen-bond acceptors (Lipinski definition) is 2. The van der Waals surface area contributed by atoms with E-state index in [4.69, 9.17) is 4.74 Å². The van der Waals surface area contributed by atoms with Crippen molar-refractivity contribution in [2.45, 2.75) is 58.1 Å². The maximum atomic E-state index is 6.19. The highest BCUT2D eigenvalue weighted by molar-refractivity contribution is 5.46. The third-order valence-electron chi connectivity index (χ3n) is 5.13. The molecule has 3 rings (SSSR count). The Labute approximate surface area is 146 Å². The molecule has 2 nitrogen and oxygen atoms in total. The largest absolute Gasteiger partial charge is 0.471 e. The average molecular weight is 323 g/mol. The number of rotatable bonds is 6. The summed E-state index contributed by atoms with van der Waals surface area (Å²) < 4.78 is 6.19. The van der Waals surface area contributed by atoms with Gasteiger partial charge in [0.15, 0.2) is 6.23 Å². The molecule has 1 unspecified atom stereocenters. The second-order valence-electron chi connectivity index (χ2n) is 6.74. The molecule has 2 heteroatoms. The summed E-state index contributed by atoms with van der Waals surface area (Å²) in [5.74, 6) is 1.71. The van der Waals surface area contributed by atoms with E-state index in [1.165, 1.54) is 43.4 Å². The Morgan fingerprint density at radius 3 is 2.25 bits per heavy atom. The number of benzene rings is 2. The predicted molar refractivity (Wildman–Crippen MR) is 102 cm³/mol. The molecule has 1 fully saturated rings. The summed E-state index contributed by atoms with van der Waals surface area (Å²) in [5, 5.41) is 0. The van der Waals surface area contributed by atoms with Gasteiger partial charge in [-0.15, -0.1) is 0 Å². The zero-order valence-corrected chi connectivity index (χ0v) is 14.9. The summed E-state index contributed by atoms with van der Waals surface area (Å²) in [6, 6.07) is 19.3. The summed E-state index contributed by atoms with van der Waals surface area (Å²) in [6.07, 6.45) is 6.85. The summed E-state index contributed by atoms with van der Waals surface area (Å²) in [5.41, 5.74) is 2.68. The van der Waals surface area contributed by atoms with Crippen molar-refractivity contribution in [3.63, 3.8) is 0 Å². The van der Waals surface area contributed by atoms with Gasteiger partial charge in [0, 0.05) is 12.2 Å². The van der Waals surface area contributed by atoms with Crippen molar-refractivity contribution in [2.75, 3.05) is 11.4 Å². The first-order chi connectivity index (χ1) is 11.8. The lowest BCUT2D eigenvalue weighted by atomic mass is 9.84. The second-order valence-corrected chi connectivity index (χ2v) is 6.74. The van der Waals surface area contributed by atoms with Crippen LogP contribution in [0.1, 0.15) is 57.4 Å². The van der Waals surface area contributed by atoms with Gasteiger partial charge in [0.2, 0.25) is 0 Å². The van der Waals surface area contributed by atoms with Crippen molar-refractivity contribution in [1.29, 1.82) is 0 Å². The Morgan fingerprint density at radius 1 is 0.958 bits per heavy atom. The van der Waals surface area contributed by atoms with Crippen LogP contribution in [0, 0.1) is 0 Å². The van der Waals surface area contributed by atoms with Gasteiger partial charge < -0.3 is 9.64 Å². The van der Waals surface area contributed by atoms with Crippen LogP contribution in [0.5, 0.6) is 5.75 Å². The van der Waals surface area contributed by atoms with Crippen LogP contribution in [-0.4, -0.2) is 12.8 Å². The lowest BCUT2D eigenvalue weighted by molar-refractivity contribution is 0.216. The van der Waals surface area contributed by atoms with E-state index in [9.17, 15) is 0 Å². The summed E-state index contributed by atoms with van der Waals surface area (Å²) in [7, 11) is 0. The third-order valence-corrected chi connectivity index (χ3v) is 5.13. The van der Waals surface area contributed by atoms with Gasteiger partial charge in [-0.05, 0) is 62.4 Å². The highest BCUT2D eigenvalue weighted by Gasteiger charge is 2.17. The molecule has 2 aromatic carbocycles. The molecule has 2 aromatic rings. The Kier molecular flexibility index (Phi) is 5.79. The van der Waals surface area contributed by atoms with Gasteiger partial charge in [-0.25, -0.2) is 0 Å². The number of para-hydroxylation sites is 1. The van der Waals surface area contributed by atoms with Crippen molar-refractivity contribution in [3.8, 4) is 5.75 Å². The fourth-order valence-electron chi connectivity index (χ4n) is 3.78. The monoisotopic (exact) mass is 323 g/mol. The van der Waals surface area contributed by atoms with E-state index >= 15 is 0 Å². The van der Waals surface area contributed by atoms with Crippen LogP contribution in [0.15, 0.2) is 54.6 Å². The number of nitrogens with zero attached hydrogens (tertiary/aromatic N) is 1. The lowest BCUT2D eigenvalue weighted by Crippen LogP contribution is -2.37. The Hall–Kier alpha value is -1.96. The molecule has 24 heavy (non-hydrogen) atoms. The van der Waals surface area contributed by atoms with Crippen molar-refractivity contribution >= 4 is 5.69 Å². The van der Waals surface area contributed by atoms with Crippen LogP contribution >= 0.6 is 0 Å². The van der Waals surface area contributed by atoms with Crippen molar-refractivity contribution in [1.82, 2.24) is 0 Å². The number of hydrogen-bond donors (Lipinski definition) is 0. The van der Waals surface area contributed by atoms with Crippen molar-refractivity contribution in [2.24, 2.45) is 0 Å². The Morgan fingerprint density at radius 2 is 1.62 bits per heavy atom. The van der Waals surface area contributed by atoms with E-state index in [1.807, 2.05) is 6.07 Å². The van der Waals surface area contributed by atoms with Gasteiger partial charge in [0.05, 0.1) is 0 Å². The van der Waals surface area contributed by atoms with Gasteiger partial charge in [-0.1, -0.05) is 49.6 Å². The molecule has 0 spiro atoms. The van der Waals surface area contributed by atoms with E-state index < -0.39 is 0 Å². The summed E-state index contributed by atoms with van der Waals surface area (Å²) in [6.45, 7) is 5.20. The molecular formula is C22H29NO. The first-order valence-corrected chi connectivity index (χ1v) is 9.36. The Balaban J connectivity index is 1.64. The van der Waals surface area contributed by atoms with E-state index in [0.29, 0.717) is 0 Å². The summed E-state index contributed by atoms with van der Waals surface area (Å²) in [4.78, 5) is 2.27. The molecule has 1 aliphatic carbocycles. The van der Waals surface area contributed by atoms with E-state index in [1.54, 1.807) is 0 Å². The van der Waals surface area contributed by atoms with Crippen LogP contribution in [0.2, 0.25) is 0 Å². The number of ether oxygens (including phenoxy) is 1. The van der Waals surface area contributed by atoms with Crippen LogP contribution in [-0.2, 0) is 0 Å². The molecule has 0 aliphatic heterocycles. The molecule has 0 heterocycles. The first-order valence-electron chi connectivity index (χ1n) is 9.36. The average Bonchev–Trinajstić information content (AvgIpc) is 2.64. The summed E-state index contributed by atoms with van der Waals surface area (Å²) >= 11 is 0. The normalized spacial score (nSPS) is 16.6. The van der Waals surface area contributed by atoms with E-state index in [2.05, 4.69) is 67.3 Å². The van der Waals surface area contributed by atoms with E-state index in [-0.39, 0.29) is 6.23 Å². The maximum Gasteiger partial charge on any atom is 0.169 e. The lowest BCUT2D eigenvalue weighted by Gasteiger charge is -2.30. The molecular weight excluding hydrogens is 294 g/mol. The molecule has 1 atom stereocenters. The zero-order valence-electron chi connectivity index (χ0n) is 14.9. The van der Waals surface area contributed by atoms with Crippen LogP contribution in [0.3, 0.4) is 0 Å². The van der Waals surface area contributed by atoms with Gasteiger partial charge >= 0.3 is 0 Å². The number of anilines is 1. The van der Waals surface area contributed by atoms with Gasteiger partial charge in [-0.3, -0.25) is 0 Å². The van der Waals surface area contributed by atoms with Crippen LogP contribution in [0.4, 0.5) is 5.69 Å². The highest BCUT2D eigenvalue weighted by atomic mass is 16.5. The fraction of sp³-hybridized carbons (Fsp3) is 0.455. The minimum absolute atomic E-state index is 0.0120. The third kappa shape index (κ3) is 4.11. The molecule has 0 saturated heterocycles. The van der Waals surface area contributed by atoms with Crippen LogP contribution < -0.4 is 9.64 Å². The van der Waals surface area contributed by atoms with Crippen LogP contribution in [0.25, 0.3) is 0 Å². The zero-order chi connectivity index (χ0) is 16.8. The Bertz CT molecular complexity index is 602. The maximum absolute atomic E-state index is 6.19. The molecule has 1 saturated carbocycles. The quantitative estimate of drug-likeness (QED) is 0.606. The smallest absolute Gasteiger partial charge is 0.169 e. The van der Waals surface area contributed by atoms with Gasteiger partial charge in [0.1, 0.15) is 5.75 Å². The predicted octanol–water partition coefficient (Wildman–Crippen LogP) is 5.99. The molecule has 0 amide bonds. The minimum atomic E-state index is 0.0120. The second kappa shape index (κ2) is 8.23. The topological polar surface area (TPSA) is 12.5 Å². The van der Waals surface area contributed by atoms with E-state index in [0.717, 1.165) is 18.2 Å². The van der Waals surface area contributed by atoms with Crippen molar-refractivity contribution in [3.05, 3.63) is 60.2 Å². The first kappa shape index (κ1) is 16.9. The van der Waals surface area contributed by atoms with Crippen molar-refractivity contribution < 1.29 is 4.74 Å².